The Morgan fingerprint density at radius 2 is 2.06 bits per heavy atom. The van der Waals surface area contributed by atoms with Gasteiger partial charge >= 0.3 is 0 Å². The van der Waals surface area contributed by atoms with Gasteiger partial charge in [0.15, 0.2) is 0 Å². The van der Waals surface area contributed by atoms with Crippen LogP contribution in [0.15, 0.2) is 23.1 Å². The van der Waals surface area contributed by atoms with Gasteiger partial charge in [0.2, 0.25) is 10.0 Å². The SMILES string of the molecule is COC1CCN(S(=O)(=O)c2ccc(C)cc2C)C1. The lowest BCUT2D eigenvalue weighted by molar-refractivity contribution is 0.115. The molecule has 0 bridgehead atoms. The van der Waals surface area contributed by atoms with Crippen molar-refractivity contribution >= 4 is 10.0 Å². The van der Waals surface area contributed by atoms with E-state index < -0.39 is 10.0 Å². The highest BCUT2D eigenvalue weighted by Gasteiger charge is 2.33. The number of nitrogens with zero attached hydrogens (tertiary/aromatic N) is 1. The Morgan fingerprint density at radius 1 is 1.33 bits per heavy atom. The Labute approximate surface area is 109 Å². The molecule has 1 unspecified atom stereocenters. The van der Waals surface area contributed by atoms with Crippen LogP contribution in [0.5, 0.6) is 0 Å². The zero-order valence-electron chi connectivity index (χ0n) is 11.0. The number of methoxy groups -OCH3 is 1. The third kappa shape index (κ3) is 2.43. The van der Waals surface area contributed by atoms with Gasteiger partial charge in [0, 0.05) is 20.2 Å². The summed E-state index contributed by atoms with van der Waals surface area (Å²) in [6.07, 6.45) is 0.784. The first-order chi connectivity index (χ1) is 8.45. The summed E-state index contributed by atoms with van der Waals surface area (Å²) in [5.41, 5.74) is 1.87. The van der Waals surface area contributed by atoms with Crippen LogP contribution in [0.1, 0.15) is 17.5 Å². The highest BCUT2D eigenvalue weighted by atomic mass is 32.2. The number of sulfonamides is 1. The fourth-order valence-electron chi connectivity index (χ4n) is 2.34. The van der Waals surface area contributed by atoms with Crippen LogP contribution in [-0.4, -0.2) is 39.0 Å². The molecule has 1 aliphatic rings. The molecular formula is C13H19NO3S. The minimum atomic E-state index is -3.38. The highest BCUT2D eigenvalue weighted by Crippen LogP contribution is 2.25. The summed E-state index contributed by atoms with van der Waals surface area (Å²) < 4.78 is 31.7. The lowest BCUT2D eigenvalue weighted by atomic mass is 10.2. The molecule has 1 fully saturated rings. The Bertz CT molecular complexity index is 539. The van der Waals surface area contributed by atoms with E-state index in [0.29, 0.717) is 18.0 Å². The third-order valence-corrected chi connectivity index (χ3v) is 5.41. The standard InChI is InChI=1S/C13H19NO3S/c1-10-4-5-13(11(2)8-10)18(15,16)14-7-6-12(9-14)17-3/h4-5,8,12H,6-7,9H2,1-3H3. The fraction of sp³-hybridized carbons (Fsp3) is 0.538. The van der Waals surface area contributed by atoms with Gasteiger partial charge in [-0.15, -0.1) is 0 Å². The summed E-state index contributed by atoms with van der Waals surface area (Å²) in [5.74, 6) is 0. The van der Waals surface area contributed by atoms with Crippen molar-refractivity contribution in [3.63, 3.8) is 0 Å². The van der Waals surface area contributed by atoms with Gasteiger partial charge in [-0.2, -0.15) is 4.31 Å². The number of ether oxygens (including phenoxy) is 1. The van der Waals surface area contributed by atoms with Crippen molar-refractivity contribution in [1.29, 1.82) is 0 Å². The summed E-state index contributed by atoms with van der Waals surface area (Å²) in [5, 5.41) is 0. The first-order valence-electron chi connectivity index (χ1n) is 6.05. The Hall–Kier alpha value is -0.910. The molecule has 2 rings (SSSR count). The molecule has 1 saturated heterocycles. The molecule has 0 N–H and O–H groups in total. The van der Waals surface area contributed by atoms with Gasteiger partial charge in [-0.05, 0) is 31.9 Å². The lowest BCUT2D eigenvalue weighted by Gasteiger charge is -2.18. The third-order valence-electron chi connectivity index (χ3n) is 3.39. The topological polar surface area (TPSA) is 46.6 Å². The second-order valence-corrected chi connectivity index (χ2v) is 6.68. The zero-order valence-corrected chi connectivity index (χ0v) is 11.8. The summed E-state index contributed by atoms with van der Waals surface area (Å²) >= 11 is 0. The lowest BCUT2D eigenvalue weighted by Crippen LogP contribution is -2.30. The predicted octanol–water partition coefficient (Wildman–Crippen LogP) is 1.71. The molecule has 100 valence electrons. The second-order valence-electron chi connectivity index (χ2n) is 4.78. The summed E-state index contributed by atoms with van der Waals surface area (Å²) in [7, 11) is -1.75. The molecule has 18 heavy (non-hydrogen) atoms. The average molecular weight is 269 g/mol. The quantitative estimate of drug-likeness (QED) is 0.839. The molecule has 0 aliphatic carbocycles. The van der Waals surface area contributed by atoms with Gasteiger partial charge < -0.3 is 4.74 Å². The van der Waals surface area contributed by atoms with Gasteiger partial charge in [0.05, 0.1) is 11.0 Å². The van der Waals surface area contributed by atoms with Gasteiger partial charge in [-0.25, -0.2) is 8.42 Å². The molecule has 1 aromatic rings. The van der Waals surface area contributed by atoms with E-state index in [1.54, 1.807) is 13.2 Å². The van der Waals surface area contributed by atoms with Crippen LogP contribution >= 0.6 is 0 Å². The molecule has 0 radical (unpaired) electrons. The summed E-state index contributed by atoms with van der Waals surface area (Å²) in [4.78, 5) is 0.407. The van der Waals surface area contributed by atoms with Crippen molar-refractivity contribution in [2.45, 2.75) is 31.3 Å². The molecule has 1 aliphatic heterocycles. The number of rotatable bonds is 3. The van der Waals surface area contributed by atoms with Crippen LogP contribution in [-0.2, 0) is 14.8 Å². The first kappa shape index (κ1) is 13.5. The number of hydrogen-bond donors (Lipinski definition) is 0. The maximum absolute atomic E-state index is 12.5. The monoisotopic (exact) mass is 269 g/mol. The second kappa shape index (κ2) is 4.99. The minimum absolute atomic E-state index is 0.0190. The number of hydrogen-bond acceptors (Lipinski definition) is 3. The van der Waals surface area contributed by atoms with Gasteiger partial charge in [0.25, 0.3) is 0 Å². The van der Waals surface area contributed by atoms with Crippen LogP contribution in [0.4, 0.5) is 0 Å². The smallest absolute Gasteiger partial charge is 0.243 e. The van der Waals surface area contributed by atoms with Crippen molar-refractivity contribution in [3.8, 4) is 0 Å². The zero-order chi connectivity index (χ0) is 13.3. The largest absolute Gasteiger partial charge is 0.380 e. The van der Waals surface area contributed by atoms with E-state index in [1.165, 1.54) is 4.31 Å². The predicted molar refractivity (Wildman–Crippen MR) is 70.1 cm³/mol. The fourth-order valence-corrected chi connectivity index (χ4v) is 4.03. The van der Waals surface area contributed by atoms with Gasteiger partial charge in [-0.1, -0.05) is 17.7 Å². The molecule has 1 atom stereocenters. The molecule has 1 aromatic carbocycles. The van der Waals surface area contributed by atoms with Crippen LogP contribution in [0, 0.1) is 13.8 Å². The van der Waals surface area contributed by atoms with E-state index in [0.717, 1.165) is 17.5 Å². The van der Waals surface area contributed by atoms with Crippen LogP contribution in [0.25, 0.3) is 0 Å². The Kier molecular flexibility index (Phi) is 3.75. The van der Waals surface area contributed by atoms with Crippen LogP contribution in [0.2, 0.25) is 0 Å². The van der Waals surface area contributed by atoms with Crippen molar-refractivity contribution < 1.29 is 13.2 Å². The van der Waals surface area contributed by atoms with Gasteiger partial charge in [0.1, 0.15) is 0 Å². The number of benzene rings is 1. The van der Waals surface area contributed by atoms with E-state index in [4.69, 9.17) is 4.74 Å². The summed E-state index contributed by atoms with van der Waals surface area (Å²) in [6.45, 7) is 4.78. The Morgan fingerprint density at radius 3 is 2.61 bits per heavy atom. The van der Waals surface area contributed by atoms with Crippen LogP contribution < -0.4 is 0 Å². The first-order valence-corrected chi connectivity index (χ1v) is 7.49. The molecule has 0 saturated carbocycles. The Balaban J connectivity index is 2.31. The highest BCUT2D eigenvalue weighted by molar-refractivity contribution is 7.89. The van der Waals surface area contributed by atoms with E-state index >= 15 is 0 Å². The average Bonchev–Trinajstić information content (AvgIpc) is 2.77. The van der Waals surface area contributed by atoms with Crippen molar-refractivity contribution in [1.82, 2.24) is 4.31 Å². The minimum Gasteiger partial charge on any atom is -0.380 e. The maximum atomic E-state index is 12.5. The normalized spacial score (nSPS) is 21.4. The molecule has 0 spiro atoms. The van der Waals surface area contributed by atoms with Crippen molar-refractivity contribution in [2.24, 2.45) is 0 Å². The van der Waals surface area contributed by atoms with E-state index in [9.17, 15) is 8.42 Å². The van der Waals surface area contributed by atoms with Crippen LogP contribution in [0.3, 0.4) is 0 Å². The van der Waals surface area contributed by atoms with E-state index in [1.807, 2.05) is 26.0 Å². The van der Waals surface area contributed by atoms with Crippen molar-refractivity contribution in [2.75, 3.05) is 20.2 Å². The van der Waals surface area contributed by atoms with Crippen molar-refractivity contribution in [3.05, 3.63) is 29.3 Å². The molecule has 0 amide bonds. The molecule has 4 nitrogen and oxygen atoms in total. The molecular weight excluding hydrogens is 250 g/mol. The molecule has 0 aromatic heterocycles. The summed E-state index contributed by atoms with van der Waals surface area (Å²) in [6, 6.07) is 5.43. The van der Waals surface area contributed by atoms with E-state index in [-0.39, 0.29) is 6.10 Å². The molecule has 1 heterocycles. The number of aryl methyl sites for hydroxylation is 2. The van der Waals surface area contributed by atoms with E-state index in [2.05, 4.69) is 0 Å². The van der Waals surface area contributed by atoms with Gasteiger partial charge in [-0.3, -0.25) is 0 Å². The molecule has 5 heteroatoms. The maximum Gasteiger partial charge on any atom is 0.243 e.